The molecule has 3 amide bonds. The number of amides is 3. The Bertz CT molecular complexity index is 1050. The molecule has 0 spiro atoms. The molecule has 2 aromatic carbocycles. The molecule has 1 saturated heterocycles. The van der Waals surface area contributed by atoms with Crippen molar-refractivity contribution < 1.29 is 28.7 Å². The molecule has 0 radical (unpaired) electrons. The first kappa shape index (κ1) is 22.1. The Morgan fingerprint density at radius 3 is 2.48 bits per heavy atom. The lowest BCUT2D eigenvalue weighted by molar-refractivity contribution is -0.122. The summed E-state index contributed by atoms with van der Waals surface area (Å²) < 4.78 is 10.8. The maximum atomic E-state index is 12.7. The third-order valence-electron chi connectivity index (χ3n) is 4.21. The lowest BCUT2D eigenvalue weighted by Gasteiger charge is -2.12. The van der Waals surface area contributed by atoms with Crippen LogP contribution < -0.4 is 15.2 Å². The van der Waals surface area contributed by atoms with Gasteiger partial charge in [-0.3, -0.25) is 24.1 Å². The van der Waals surface area contributed by atoms with Crippen molar-refractivity contribution in [3.63, 3.8) is 0 Å². The molecule has 1 aliphatic rings. The molecule has 1 aliphatic heterocycles. The molecule has 2 aromatic rings. The number of hydrogen-bond acceptors (Lipinski definition) is 7. The summed E-state index contributed by atoms with van der Waals surface area (Å²) in [7, 11) is 0. The van der Waals surface area contributed by atoms with E-state index in [4.69, 9.17) is 15.2 Å². The molecule has 0 bridgehead atoms. The highest BCUT2D eigenvalue weighted by Crippen LogP contribution is 2.34. The fourth-order valence-electron chi connectivity index (χ4n) is 2.80. The highest BCUT2D eigenvalue weighted by molar-refractivity contribution is 8.18. The second kappa shape index (κ2) is 9.94. The van der Waals surface area contributed by atoms with E-state index in [0.717, 1.165) is 16.7 Å². The number of imide groups is 1. The van der Waals surface area contributed by atoms with Gasteiger partial charge >= 0.3 is 0 Å². The van der Waals surface area contributed by atoms with Gasteiger partial charge in [0.2, 0.25) is 0 Å². The molecule has 9 heteroatoms. The summed E-state index contributed by atoms with van der Waals surface area (Å²) in [6, 6.07) is 13.3. The first-order valence-electron chi connectivity index (χ1n) is 9.40. The third-order valence-corrected chi connectivity index (χ3v) is 5.11. The number of primary amides is 1. The number of ether oxygens (including phenoxy) is 2. The van der Waals surface area contributed by atoms with E-state index >= 15 is 0 Å². The molecule has 3 rings (SSSR count). The number of Topliss-reactive ketones (excluding diaryl/α,β-unsaturated/α-hetero) is 1. The zero-order valence-corrected chi connectivity index (χ0v) is 17.5. The van der Waals surface area contributed by atoms with E-state index in [-0.39, 0.29) is 23.8 Å². The highest BCUT2D eigenvalue weighted by atomic mass is 32.2. The number of rotatable bonds is 9. The van der Waals surface area contributed by atoms with Crippen molar-refractivity contribution in [3.8, 4) is 11.5 Å². The first-order chi connectivity index (χ1) is 14.9. The van der Waals surface area contributed by atoms with E-state index in [1.54, 1.807) is 55.5 Å². The minimum Gasteiger partial charge on any atom is -0.490 e. The quantitative estimate of drug-likeness (QED) is 0.471. The second-order valence-corrected chi connectivity index (χ2v) is 7.44. The summed E-state index contributed by atoms with van der Waals surface area (Å²) in [5.41, 5.74) is 6.12. The van der Waals surface area contributed by atoms with Gasteiger partial charge in [-0.1, -0.05) is 36.4 Å². The van der Waals surface area contributed by atoms with Crippen LogP contribution in [0, 0.1) is 0 Å². The number of carbonyl (C=O) groups is 4. The second-order valence-electron chi connectivity index (χ2n) is 6.45. The van der Waals surface area contributed by atoms with Gasteiger partial charge in [-0.15, -0.1) is 0 Å². The Morgan fingerprint density at radius 1 is 1.06 bits per heavy atom. The van der Waals surface area contributed by atoms with Crippen LogP contribution in [0.15, 0.2) is 53.4 Å². The van der Waals surface area contributed by atoms with Gasteiger partial charge in [0.25, 0.3) is 17.1 Å². The van der Waals surface area contributed by atoms with E-state index in [2.05, 4.69) is 0 Å². The van der Waals surface area contributed by atoms with Gasteiger partial charge in [0.05, 0.1) is 18.1 Å². The Hall–Kier alpha value is -3.59. The molecule has 0 aromatic heterocycles. The molecule has 160 valence electrons. The molecular weight excluding hydrogens is 420 g/mol. The van der Waals surface area contributed by atoms with E-state index in [0.29, 0.717) is 29.2 Å². The summed E-state index contributed by atoms with van der Waals surface area (Å²) in [6.07, 6.45) is 1.54. The van der Waals surface area contributed by atoms with Crippen LogP contribution in [0.25, 0.3) is 6.08 Å². The van der Waals surface area contributed by atoms with Crippen molar-refractivity contribution in [2.45, 2.75) is 6.92 Å². The minimum atomic E-state index is -0.620. The van der Waals surface area contributed by atoms with E-state index in [1.807, 2.05) is 0 Å². The minimum absolute atomic E-state index is 0.194. The van der Waals surface area contributed by atoms with Gasteiger partial charge in [-0.05, 0) is 42.5 Å². The largest absolute Gasteiger partial charge is 0.490 e. The van der Waals surface area contributed by atoms with Gasteiger partial charge in [0.15, 0.2) is 23.9 Å². The van der Waals surface area contributed by atoms with Gasteiger partial charge in [-0.25, -0.2) is 0 Å². The lowest BCUT2D eigenvalue weighted by Crippen LogP contribution is -2.33. The standard InChI is InChI=1S/C22H20N2O6S/c1-2-29-18-10-14(8-9-17(18)30-13-20(23)26)11-19-21(27)24(22(28)31-19)12-16(25)15-6-4-3-5-7-15/h3-11H,2,12-13H2,1H3,(H2,23,26)/b19-11-. The van der Waals surface area contributed by atoms with Crippen molar-refractivity contribution in [1.29, 1.82) is 0 Å². The van der Waals surface area contributed by atoms with Crippen LogP contribution in [-0.4, -0.2) is 47.5 Å². The zero-order chi connectivity index (χ0) is 22.4. The summed E-state index contributed by atoms with van der Waals surface area (Å²) >= 11 is 0.764. The van der Waals surface area contributed by atoms with Crippen molar-refractivity contribution in [2.24, 2.45) is 5.73 Å². The van der Waals surface area contributed by atoms with Gasteiger partial charge in [0.1, 0.15) is 0 Å². The normalized spacial score (nSPS) is 14.7. The molecule has 0 aliphatic carbocycles. The number of nitrogens with zero attached hydrogens (tertiary/aromatic N) is 1. The molecule has 8 nitrogen and oxygen atoms in total. The van der Waals surface area contributed by atoms with Gasteiger partial charge in [0, 0.05) is 5.56 Å². The van der Waals surface area contributed by atoms with E-state index < -0.39 is 17.1 Å². The van der Waals surface area contributed by atoms with E-state index in [9.17, 15) is 19.2 Å². The summed E-state index contributed by atoms with van der Waals surface area (Å²) in [6.45, 7) is 1.53. The highest BCUT2D eigenvalue weighted by Gasteiger charge is 2.36. The molecule has 0 atom stereocenters. The van der Waals surface area contributed by atoms with Crippen LogP contribution in [0.5, 0.6) is 11.5 Å². The fourth-order valence-corrected chi connectivity index (χ4v) is 3.64. The number of benzene rings is 2. The molecule has 1 heterocycles. The first-order valence-corrected chi connectivity index (χ1v) is 10.2. The predicted octanol–water partition coefficient (Wildman–Crippen LogP) is 2.87. The summed E-state index contributed by atoms with van der Waals surface area (Å²) in [5, 5.41) is -0.507. The number of thioether (sulfide) groups is 1. The van der Waals surface area contributed by atoms with Crippen LogP contribution >= 0.6 is 11.8 Å². The molecular formula is C22H20N2O6S. The Labute approximate surface area is 183 Å². The van der Waals surface area contributed by atoms with Gasteiger partial charge in [-0.2, -0.15) is 0 Å². The SMILES string of the molecule is CCOc1cc(/C=C2\SC(=O)N(CC(=O)c3ccccc3)C2=O)ccc1OCC(N)=O. The van der Waals surface area contributed by atoms with E-state index in [1.165, 1.54) is 6.08 Å². The smallest absolute Gasteiger partial charge is 0.293 e. The Morgan fingerprint density at radius 2 is 1.81 bits per heavy atom. The van der Waals surface area contributed by atoms with Crippen LogP contribution in [-0.2, 0) is 9.59 Å². The summed E-state index contributed by atoms with van der Waals surface area (Å²) in [4.78, 5) is 49.5. The lowest BCUT2D eigenvalue weighted by atomic mass is 10.1. The Kier molecular flexibility index (Phi) is 7.09. The number of nitrogens with two attached hydrogens (primary N) is 1. The molecule has 1 fully saturated rings. The fraction of sp³-hybridized carbons (Fsp3) is 0.182. The molecule has 31 heavy (non-hydrogen) atoms. The van der Waals surface area contributed by atoms with Crippen molar-refractivity contribution in [1.82, 2.24) is 4.90 Å². The monoisotopic (exact) mass is 440 g/mol. The maximum Gasteiger partial charge on any atom is 0.293 e. The average molecular weight is 440 g/mol. The van der Waals surface area contributed by atoms with Crippen LogP contribution in [0.2, 0.25) is 0 Å². The van der Waals surface area contributed by atoms with Crippen molar-refractivity contribution in [3.05, 3.63) is 64.6 Å². The van der Waals surface area contributed by atoms with Crippen LogP contribution in [0.4, 0.5) is 4.79 Å². The molecule has 2 N–H and O–H groups in total. The predicted molar refractivity (Wildman–Crippen MR) is 116 cm³/mol. The van der Waals surface area contributed by atoms with Crippen LogP contribution in [0.1, 0.15) is 22.8 Å². The summed E-state index contributed by atoms with van der Waals surface area (Å²) in [5.74, 6) is -0.773. The third kappa shape index (κ3) is 5.52. The number of ketones is 1. The Balaban J connectivity index is 1.78. The maximum absolute atomic E-state index is 12.7. The molecule has 0 unspecified atom stereocenters. The van der Waals surface area contributed by atoms with Crippen molar-refractivity contribution >= 4 is 40.7 Å². The number of carbonyl (C=O) groups excluding carboxylic acids is 4. The number of hydrogen-bond donors (Lipinski definition) is 1. The van der Waals surface area contributed by atoms with Crippen molar-refractivity contribution in [2.75, 3.05) is 19.8 Å². The van der Waals surface area contributed by atoms with Crippen LogP contribution in [0.3, 0.4) is 0 Å². The molecule has 0 saturated carbocycles. The average Bonchev–Trinajstić information content (AvgIpc) is 3.01. The van der Waals surface area contributed by atoms with Gasteiger partial charge < -0.3 is 15.2 Å². The zero-order valence-electron chi connectivity index (χ0n) is 16.7. The topological polar surface area (TPSA) is 116 Å².